The predicted molar refractivity (Wildman–Crippen MR) is 90.9 cm³/mol. The molecular formula is C16H10Cl2N2O2S. The minimum absolute atomic E-state index is 0.0857. The Morgan fingerprint density at radius 2 is 2.00 bits per heavy atom. The quantitative estimate of drug-likeness (QED) is 0.489. The van der Waals surface area contributed by atoms with Gasteiger partial charge in [-0.3, -0.25) is 0 Å². The molecule has 0 radical (unpaired) electrons. The molecule has 3 aromatic rings. The molecule has 23 heavy (non-hydrogen) atoms. The second-order valence-electron chi connectivity index (χ2n) is 4.58. The summed E-state index contributed by atoms with van der Waals surface area (Å²) in [7, 11) is 0. The molecule has 0 saturated heterocycles. The van der Waals surface area contributed by atoms with Gasteiger partial charge in [0.15, 0.2) is 0 Å². The first-order valence-corrected chi connectivity index (χ1v) is 8.25. The summed E-state index contributed by atoms with van der Waals surface area (Å²) in [6.45, 7) is 0.0857. The number of benzene rings is 1. The van der Waals surface area contributed by atoms with E-state index in [9.17, 15) is 4.79 Å². The number of thiazole rings is 1. The Bertz CT molecular complexity index is 837. The van der Waals surface area contributed by atoms with Crippen LogP contribution in [0.2, 0.25) is 10.2 Å². The molecule has 116 valence electrons. The third-order valence-electron chi connectivity index (χ3n) is 2.96. The fourth-order valence-corrected chi connectivity index (χ4v) is 2.92. The van der Waals surface area contributed by atoms with Gasteiger partial charge in [0.1, 0.15) is 16.8 Å². The van der Waals surface area contributed by atoms with Crippen LogP contribution in [0.3, 0.4) is 0 Å². The maximum absolute atomic E-state index is 12.0. The number of esters is 1. The summed E-state index contributed by atoms with van der Waals surface area (Å²) in [5.41, 5.74) is 1.97. The molecule has 1 aromatic carbocycles. The lowest BCUT2D eigenvalue weighted by atomic mass is 10.2. The van der Waals surface area contributed by atoms with Crippen molar-refractivity contribution in [2.75, 3.05) is 0 Å². The van der Waals surface area contributed by atoms with Crippen molar-refractivity contribution in [3.8, 4) is 10.6 Å². The fraction of sp³-hybridized carbons (Fsp3) is 0.0625. The highest BCUT2D eigenvalue weighted by molar-refractivity contribution is 7.13. The van der Waals surface area contributed by atoms with Crippen LogP contribution in [0.4, 0.5) is 0 Å². The lowest BCUT2D eigenvalue weighted by Crippen LogP contribution is -2.06. The van der Waals surface area contributed by atoms with E-state index in [1.54, 1.807) is 0 Å². The SMILES string of the molecule is O=C(OCc1csc(-c2ccccc2)n1)c1cnc(Cl)c(Cl)c1. The third-order valence-corrected chi connectivity index (χ3v) is 4.58. The minimum Gasteiger partial charge on any atom is -0.456 e. The molecule has 3 rings (SSSR count). The van der Waals surface area contributed by atoms with Gasteiger partial charge in [-0.2, -0.15) is 0 Å². The standard InChI is InChI=1S/C16H10Cl2N2O2S/c17-13-6-11(7-19-14(13)18)16(21)22-8-12-9-23-15(20-12)10-4-2-1-3-5-10/h1-7,9H,8H2. The molecule has 0 aliphatic heterocycles. The van der Waals surface area contributed by atoms with Gasteiger partial charge in [-0.25, -0.2) is 14.8 Å². The summed E-state index contributed by atoms with van der Waals surface area (Å²) in [5.74, 6) is -0.523. The van der Waals surface area contributed by atoms with E-state index in [2.05, 4.69) is 9.97 Å². The summed E-state index contributed by atoms with van der Waals surface area (Å²) in [6.07, 6.45) is 1.33. The van der Waals surface area contributed by atoms with Crippen molar-refractivity contribution < 1.29 is 9.53 Å². The third kappa shape index (κ3) is 3.88. The molecule has 2 heterocycles. The van der Waals surface area contributed by atoms with Crippen LogP contribution in [0, 0.1) is 0 Å². The highest BCUT2D eigenvalue weighted by Crippen LogP contribution is 2.24. The zero-order valence-corrected chi connectivity index (χ0v) is 14.0. The van der Waals surface area contributed by atoms with Crippen molar-refractivity contribution in [3.05, 3.63) is 69.4 Å². The number of hydrogen-bond acceptors (Lipinski definition) is 5. The smallest absolute Gasteiger partial charge is 0.340 e. The molecule has 0 atom stereocenters. The maximum atomic E-state index is 12.0. The Morgan fingerprint density at radius 1 is 1.22 bits per heavy atom. The number of ether oxygens (including phenoxy) is 1. The summed E-state index contributed by atoms with van der Waals surface area (Å²) < 4.78 is 5.22. The van der Waals surface area contributed by atoms with E-state index in [1.165, 1.54) is 23.6 Å². The number of pyridine rings is 1. The Labute approximate surface area is 146 Å². The number of halogens is 2. The second kappa shape index (κ2) is 7.08. The molecule has 0 saturated carbocycles. The van der Waals surface area contributed by atoms with Crippen LogP contribution in [0.25, 0.3) is 10.6 Å². The number of aromatic nitrogens is 2. The van der Waals surface area contributed by atoms with Gasteiger partial charge in [0.05, 0.1) is 16.3 Å². The van der Waals surface area contributed by atoms with Gasteiger partial charge in [-0.15, -0.1) is 11.3 Å². The Kier molecular flexibility index (Phi) is 4.91. The van der Waals surface area contributed by atoms with Gasteiger partial charge in [-0.1, -0.05) is 53.5 Å². The van der Waals surface area contributed by atoms with Crippen molar-refractivity contribution in [1.29, 1.82) is 0 Å². The van der Waals surface area contributed by atoms with Crippen molar-refractivity contribution in [1.82, 2.24) is 9.97 Å². The van der Waals surface area contributed by atoms with E-state index in [1.807, 2.05) is 35.7 Å². The first-order chi connectivity index (χ1) is 11.1. The Hall–Kier alpha value is -1.95. The van der Waals surface area contributed by atoms with E-state index >= 15 is 0 Å². The van der Waals surface area contributed by atoms with Crippen LogP contribution in [0.1, 0.15) is 16.1 Å². The molecule has 7 heteroatoms. The number of carbonyl (C=O) groups is 1. The largest absolute Gasteiger partial charge is 0.456 e. The molecule has 0 aliphatic carbocycles. The molecule has 0 unspecified atom stereocenters. The minimum atomic E-state index is -0.523. The van der Waals surface area contributed by atoms with Crippen molar-refractivity contribution in [2.24, 2.45) is 0 Å². The van der Waals surface area contributed by atoms with E-state index in [0.29, 0.717) is 5.69 Å². The number of nitrogens with zero attached hydrogens (tertiary/aromatic N) is 2. The summed E-state index contributed by atoms with van der Waals surface area (Å²) >= 11 is 13.1. The van der Waals surface area contributed by atoms with Crippen LogP contribution >= 0.6 is 34.5 Å². The predicted octanol–water partition coefficient (Wildman–Crippen LogP) is 4.87. The van der Waals surface area contributed by atoms with Gasteiger partial charge >= 0.3 is 5.97 Å². The molecule has 0 fully saturated rings. The Balaban J connectivity index is 1.65. The normalized spacial score (nSPS) is 10.5. The zero-order chi connectivity index (χ0) is 16.2. The average Bonchev–Trinajstić information content (AvgIpc) is 3.05. The van der Waals surface area contributed by atoms with Crippen molar-refractivity contribution >= 4 is 40.5 Å². The van der Waals surface area contributed by atoms with E-state index in [-0.39, 0.29) is 22.3 Å². The van der Waals surface area contributed by atoms with Crippen LogP contribution < -0.4 is 0 Å². The molecule has 0 amide bonds. The monoisotopic (exact) mass is 364 g/mol. The van der Waals surface area contributed by atoms with Crippen LogP contribution in [-0.4, -0.2) is 15.9 Å². The molecule has 4 nitrogen and oxygen atoms in total. The second-order valence-corrected chi connectivity index (χ2v) is 6.21. The first kappa shape index (κ1) is 15.9. The van der Waals surface area contributed by atoms with E-state index in [0.717, 1.165) is 10.6 Å². The number of rotatable bonds is 4. The molecule has 0 spiro atoms. The molecule has 0 N–H and O–H groups in total. The summed E-state index contributed by atoms with van der Waals surface area (Å²) in [5, 5.41) is 3.10. The summed E-state index contributed by atoms with van der Waals surface area (Å²) in [4.78, 5) is 20.2. The fourth-order valence-electron chi connectivity index (χ4n) is 1.84. The summed E-state index contributed by atoms with van der Waals surface area (Å²) in [6, 6.07) is 11.2. The van der Waals surface area contributed by atoms with Gasteiger partial charge in [0, 0.05) is 17.1 Å². The zero-order valence-electron chi connectivity index (χ0n) is 11.7. The number of hydrogen-bond donors (Lipinski definition) is 0. The highest BCUT2D eigenvalue weighted by Gasteiger charge is 2.12. The van der Waals surface area contributed by atoms with E-state index < -0.39 is 5.97 Å². The maximum Gasteiger partial charge on any atom is 0.340 e. The van der Waals surface area contributed by atoms with Crippen LogP contribution in [0.15, 0.2) is 48.0 Å². The Morgan fingerprint density at radius 3 is 2.74 bits per heavy atom. The molecular weight excluding hydrogens is 355 g/mol. The molecule has 0 bridgehead atoms. The van der Waals surface area contributed by atoms with Gasteiger partial charge in [0.25, 0.3) is 0 Å². The van der Waals surface area contributed by atoms with Gasteiger partial charge in [0.2, 0.25) is 0 Å². The number of carbonyl (C=O) groups excluding carboxylic acids is 1. The van der Waals surface area contributed by atoms with Crippen molar-refractivity contribution in [3.63, 3.8) is 0 Å². The lowest BCUT2D eigenvalue weighted by Gasteiger charge is -2.03. The van der Waals surface area contributed by atoms with E-state index in [4.69, 9.17) is 27.9 Å². The van der Waals surface area contributed by atoms with Crippen molar-refractivity contribution in [2.45, 2.75) is 6.61 Å². The molecule has 2 aromatic heterocycles. The van der Waals surface area contributed by atoms with Gasteiger partial charge < -0.3 is 4.74 Å². The topological polar surface area (TPSA) is 52.1 Å². The highest BCUT2D eigenvalue weighted by atomic mass is 35.5. The molecule has 0 aliphatic rings. The van der Waals surface area contributed by atoms with Gasteiger partial charge in [-0.05, 0) is 6.07 Å². The van der Waals surface area contributed by atoms with Crippen LogP contribution in [0.5, 0.6) is 0 Å². The lowest BCUT2D eigenvalue weighted by molar-refractivity contribution is 0.0468. The first-order valence-electron chi connectivity index (χ1n) is 6.61. The van der Waals surface area contributed by atoms with Crippen LogP contribution in [-0.2, 0) is 11.3 Å². The average molecular weight is 365 g/mol.